The molecule has 0 aromatic rings. The van der Waals surface area contributed by atoms with E-state index in [1.54, 1.807) is 20.8 Å². The van der Waals surface area contributed by atoms with E-state index in [4.69, 9.17) is 10.5 Å². The second kappa shape index (κ2) is 6.26. The van der Waals surface area contributed by atoms with Gasteiger partial charge in [0.05, 0.1) is 5.92 Å². The highest BCUT2D eigenvalue weighted by Crippen LogP contribution is 2.40. The van der Waals surface area contributed by atoms with Gasteiger partial charge in [-0.3, -0.25) is 0 Å². The normalized spacial score (nSPS) is 24.0. The molecular formula is C15H27F3N2O2. The molecule has 7 heteroatoms. The van der Waals surface area contributed by atoms with Crippen LogP contribution in [0.25, 0.3) is 0 Å². The predicted octanol–water partition coefficient (Wildman–Crippen LogP) is 3.55. The second-order valence-corrected chi connectivity index (χ2v) is 7.76. The Morgan fingerprint density at radius 1 is 1.36 bits per heavy atom. The first-order chi connectivity index (χ1) is 9.77. The van der Waals surface area contributed by atoms with Crippen molar-refractivity contribution in [3.8, 4) is 0 Å². The van der Waals surface area contributed by atoms with Crippen LogP contribution in [-0.2, 0) is 4.74 Å². The molecule has 2 unspecified atom stereocenters. The molecule has 1 fully saturated rings. The Hall–Kier alpha value is -0.980. The number of nitrogens with two attached hydrogens (primary N) is 1. The summed E-state index contributed by atoms with van der Waals surface area (Å²) in [6, 6.07) is -0.965. The average Bonchev–Trinajstić information content (AvgIpc) is 2.27. The number of rotatable bonds is 2. The number of carbonyl (C=O) groups excluding carboxylic acids is 1. The molecule has 1 rings (SSSR count). The van der Waals surface area contributed by atoms with E-state index in [1.165, 1.54) is 4.90 Å². The fourth-order valence-electron chi connectivity index (χ4n) is 2.80. The van der Waals surface area contributed by atoms with Crippen LogP contribution in [-0.4, -0.2) is 41.9 Å². The lowest BCUT2D eigenvalue weighted by Gasteiger charge is -2.46. The standard InChI is InChI=1S/C15H27F3N2O2/c1-13(2,3)22-12(21)20-9-14(4,5)7-6-11(20)10(8-19)15(16,17)18/h10-11H,6-9,19H2,1-5H3. The van der Waals surface area contributed by atoms with Crippen molar-refractivity contribution in [3.63, 3.8) is 0 Å². The number of likely N-dealkylation sites (tertiary alicyclic amines) is 1. The largest absolute Gasteiger partial charge is 0.444 e. The third kappa shape index (κ3) is 5.04. The highest BCUT2D eigenvalue weighted by atomic mass is 19.4. The number of amides is 1. The molecule has 2 atom stereocenters. The zero-order valence-corrected chi connectivity index (χ0v) is 14.0. The van der Waals surface area contributed by atoms with Crippen molar-refractivity contribution in [2.24, 2.45) is 17.1 Å². The highest BCUT2D eigenvalue weighted by Gasteiger charge is 2.50. The zero-order chi connectivity index (χ0) is 17.3. The van der Waals surface area contributed by atoms with Gasteiger partial charge in [0, 0.05) is 19.1 Å². The van der Waals surface area contributed by atoms with E-state index in [0.29, 0.717) is 6.42 Å². The van der Waals surface area contributed by atoms with Gasteiger partial charge in [0.15, 0.2) is 0 Å². The summed E-state index contributed by atoms with van der Waals surface area (Å²) >= 11 is 0. The number of ether oxygens (including phenoxy) is 1. The Balaban J connectivity index is 3.05. The lowest BCUT2D eigenvalue weighted by molar-refractivity contribution is -0.192. The molecule has 1 amide bonds. The van der Waals surface area contributed by atoms with Crippen molar-refractivity contribution >= 4 is 6.09 Å². The fraction of sp³-hybridized carbons (Fsp3) is 0.933. The summed E-state index contributed by atoms with van der Waals surface area (Å²) in [5.41, 5.74) is 4.36. The van der Waals surface area contributed by atoms with Crippen molar-refractivity contribution in [2.75, 3.05) is 13.1 Å². The minimum Gasteiger partial charge on any atom is -0.444 e. The molecule has 0 saturated carbocycles. The molecule has 1 aliphatic heterocycles. The van der Waals surface area contributed by atoms with Crippen LogP contribution in [0.2, 0.25) is 0 Å². The molecule has 4 nitrogen and oxygen atoms in total. The van der Waals surface area contributed by atoms with Gasteiger partial charge in [0.1, 0.15) is 5.60 Å². The lowest BCUT2D eigenvalue weighted by Crippen LogP contribution is -2.57. The first-order valence-corrected chi connectivity index (χ1v) is 7.53. The van der Waals surface area contributed by atoms with E-state index in [9.17, 15) is 18.0 Å². The number of alkyl halides is 3. The van der Waals surface area contributed by atoms with Gasteiger partial charge in [-0.2, -0.15) is 13.2 Å². The lowest BCUT2D eigenvalue weighted by atomic mass is 9.78. The zero-order valence-electron chi connectivity index (χ0n) is 14.0. The Morgan fingerprint density at radius 2 is 1.91 bits per heavy atom. The predicted molar refractivity (Wildman–Crippen MR) is 78.3 cm³/mol. The Kier molecular flexibility index (Phi) is 5.42. The van der Waals surface area contributed by atoms with Crippen molar-refractivity contribution in [1.82, 2.24) is 4.90 Å². The molecule has 130 valence electrons. The molecule has 0 radical (unpaired) electrons. The summed E-state index contributed by atoms with van der Waals surface area (Å²) in [7, 11) is 0. The van der Waals surface area contributed by atoms with Gasteiger partial charge in [-0.1, -0.05) is 13.8 Å². The van der Waals surface area contributed by atoms with E-state index in [0.717, 1.165) is 0 Å². The van der Waals surface area contributed by atoms with Crippen molar-refractivity contribution < 1.29 is 22.7 Å². The van der Waals surface area contributed by atoms with Crippen LogP contribution in [0.3, 0.4) is 0 Å². The number of hydrogen-bond donors (Lipinski definition) is 1. The van der Waals surface area contributed by atoms with E-state index < -0.39 is 36.4 Å². The van der Waals surface area contributed by atoms with Crippen molar-refractivity contribution in [2.45, 2.75) is 65.3 Å². The number of carbonyl (C=O) groups is 1. The summed E-state index contributed by atoms with van der Waals surface area (Å²) in [6.45, 7) is 8.65. The first kappa shape index (κ1) is 19.1. The third-order valence-electron chi connectivity index (χ3n) is 3.88. The van der Waals surface area contributed by atoms with Gasteiger partial charge in [-0.25, -0.2) is 4.79 Å². The number of hydrogen-bond acceptors (Lipinski definition) is 3. The van der Waals surface area contributed by atoms with Crippen molar-refractivity contribution in [1.29, 1.82) is 0 Å². The Morgan fingerprint density at radius 3 is 2.32 bits per heavy atom. The summed E-state index contributed by atoms with van der Waals surface area (Å²) in [4.78, 5) is 13.6. The Bertz CT molecular complexity index is 403. The third-order valence-corrected chi connectivity index (χ3v) is 3.88. The van der Waals surface area contributed by atoms with Crippen LogP contribution in [0.5, 0.6) is 0 Å². The molecule has 2 N–H and O–H groups in total. The SMILES string of the molecule is CC1(C)CCC(C(CN)C(F)(F)F)N(C(=O)OC(C)(C)C)C1. The van der Waals surface area contributed by atoms with Gasteiger partial charge in [-0.05, 0) is 39.0 Å². The fourth-order valence-corrected chi connectivity index (χ4v) is 2.80. The van der Waals surface area contributed by atoms with Gasteiger partial charge in [0.25, 0.3) is 0 Å². The second-order valence-electron chi connectivity index (χ2n) is 7.76. The van der Waals surface area contributed by atoms with Gasteiger partial charge >= 0.3 is 12.3 Å². The van der Waals surface area contributed by atoms with Crippen LogP contribution in [0.4, 0.5) is 18.0 Å². The van der Waals surface area contributed by atoms with Crippen LogP contribution in [0, 0.1) is 11.3 Å². The average molecular weight is 324 g/mol. The molecule has 22 heavy (non-hydrogen) atoms. The Labute approximate surface area is 130 Å². The molecule has 0 bridgehead atoms. The quantitative estimate of drug-likeness (QED) is 0.845. The van der Waals surface area contributed by atoms with Crippen LogP contribution in [0.1, 0.15) is 47.5 Å². The van der Waals surface area contributed by atoms with Crippen LogP contribution < -0.4 is 5.73 Å². The summed E-state index contributed by atoms with van der Waals surface area (Å²) < 4.78 is 44.9. The maximum absolute atomic E-state index is 13.2. The van der Waals surface area contributed by atoms with E-state index >= 15 is 0 Å². The molecule has 0 aromatic carbocycles. The van der Waals surface area contributed by atoms with Crippen molar-refractivity contribution in [3.05, 3.63) is 0 Å². The monoisotopic (exact) mass is 324 g/mol. The summed E-state index contributed by atoms with van der Waals surface area (Å²) in [5, 5.41) is 0. The van der Waals surface area contributed by atoms with E-state index in [-0.39, 0.29) is 18.4 Å². The molecule has 0 aromatic heterocycles. The van der Waals surface area contributed by atoms with Gasteiger partial charge in [-0.15, -0.1) is 0 Å². The minimum atomic E-state index is -4.43. The molecule has 1 heterocycles. The number of nitrogens with zero attached hydrogens (tertiary/aromatic N) is 1. The van der Waals surface area contributed by atoms with Gasteiger partial charge in [0.2, 0.25) is 0 Å². The van der Waals surface area contributed by atoms with Crippen LogP contribution in [0.15, 0.2) is 0 Å². The maximum Gasteiger partial charge on any atom is 0.410 e. The molecule has 1 saturated heterocycles. The molecule has 0 aliphatic carbocycles. The molecule has 1 aliphatic rings. The topological polar surface area (TPSA) is 55.6 Å². The van der Waals surface area contributed by atoms with E-state index in [1.807, 2.05) is 13.8 Å². The maximum atomic E-state index is 13.2. The smallest absolute Gasteiger partial charge is 0.410 e. The van der Waals surface area contributed by atoms with E-state index in [2.05, 4.69) is 0 Å². The van der Waals surface area contributed by atoms with Crippen LogP contribution >= 0.6 is 0 Å². The molecule has 0 spiro atoms. The summed E-state index contributed by atoms with van der Waals surface area (Å²) in [6.07, 6.45) is -4.24. The number of halogens is 3. The van der Waals surface area contributed by atoms with Gasteiger partial charge < -0.3 is 15.4 Å². The first-order valence-electron chi connectivity index (χ1n) is 7.53. The molecular weight excluding hydrogens is 297 g/mol. The summed E-state index contributed by atoms with van der Waals surface area (Å²) in [5.74, 6) is -1.73. The highest BCUT2D eigenvalue weighted by molar-refractivity contribution is 5.69. The minimum absolute atomic E-state index is 0.235. The number of piperidine rings is 1.